The highest BCUT2D eigenvalue weighted by Gasteiger charge is 2.56. The van der Waals surface area contributed by atoms with Crippen LogP contribution in [0.1, 0.15) is 25.3 Å². The lowest BCUT2D eigenvalue weighted by Crippen LogP contribution is -2.06. The normalized spacial score (nSPS) is 27.2. The molecule has 1 saturated carbocycles. The lowest BCUT2D eigenvalue weighted by Gasteiger charge is -2.04. The van der Waals surface area contributed by atoms with E-state index in [1.54, 1.807) is 0 Å². The molecular formula is C14H18N2. The van der Waals surface area contributed by atoms with Gasteiger partial charge in [-0.25, -0.2) is 0 Å². The van der Waals surface area contributed by atoms with Crippen LogP contribution in [0.5, 0.6) is 0 Å². The second kappa shape index (κ2) is 2.89. The fourth-order valence-electron chi connectivity index (χ4n) is 2.79. The molecule has 0 bridgehead atoms. The third kappa shape index (κ3) is 1.17. The van der Waals surface area contributed by atoms with E-state index in [-0.39, 0.29) is 5.41 Å². The second-order valence-electron chi connectivity index (χ2n) is 5.57. The monoisotopic (exact) mass is 214 g/mol. The summed E-state index contributed by atoms with van der Waals surface area (Å²) in [5, 5.41) is 1.30. The van der Waals surface area contributed by atoms with Gasteiger partial charge in [-0.15, -0.1) is 0 Å². The van der Waals surface area contributed by atoms with Crippen LogP contribution < -0.4 is 5.73 Å². The van der Waals surface area contributed by atoms with Gasteiger partial charge in [-0.1, -0.05) is 26.0 Å². The zero-order chi connectivity index (χ0) is 11.5. The molecule has 0 aliphatic heterocycles. The van der Waals surface area contributed by atoms with Crippen LogP contribution >= 0.6 is 0 Å². The van der Waals surface area contributed by atoms with Crippen molar-refractivity contribution in [1.82, 2.24) is 4.57 Å². The molecule has 0 radical (unpaired) electrons. The fourth-order valence-corrected chi connectivity index (χ4v) is 2.79. The minimum atomic E-state index is 0.263. The molecule has 2 N–H and O–H groups in total. The molecule has 2 atom stereocenters. The number of aromatic nitrogens is 1. The summed E-state index contributed by atoms with van der Waals surface area (Å²) in [6, 6.07) is 9.17. The minimum absolute atomic E-state index is 0.263. The van der Waals surface area contributed by atoms with Crippen LogP contribution in [0.4, 0.5) is 0 Å². The van der Waals surface area contributed by atoms with Crippen molar-refractivity contribution in [1.29, 1.82) is 0 Å². The summed E-state index contributed by atoms with van der Waals surface area (Å²) in [7, 11) is 2.09. The number of hydrogen-bond acceptors (Lipinski definition) is 1. The van der Waals surface area contributed by atoms with Crippen LogP contribution in [0.15, 0.2) is 30.5 Å². The molecule has 2 aromatic rings. The standard InChI is InChI=1S/C14H18N2/c1-14(2)12(13(14)15)10-5-4-9-6-7-16(3)11(9)8-10/h4-8,12-13H,15H2,1-3H3/t12-,13-/m1/s1. The van der Waals surface area contributed by atoms with Crippen LogP contribution in [0, 0.1) is 5.41 Å². The van der Waals surface area contributed by atoms with Crippen molar-refractivity contribution in [3.05, 3.63) is 36.0 Å². The van der Waals surface area contributed by atoms with Gasteiger partial charge in [0.1, 0.15) is 0 Å². The van der Waals surface area contributed by atoms with Crippen molar-refractivity contribution in [3.8, 4) is 0 Å². The van der Waals surface area contributed by atoms with Gasteiger partial charge < -0.3 is 10.3 Å². The Morgan fingerprint density at radius 2 is 1.94 bits per heavy atom. The van der Waals surface area contributed by atoms with Gasteiger partial charge in [0.05, 0.1) is 0 Å². The molecule has 0 unspecified atom stereocenters. The lowest BCUT2D eigenvalue weighted by molar-refractivity contribution is 0.599. The zero-order valence-corrected chi connectivity index (χ0v) is 10.1. The van der Waals surface area contributed by atoms with E-state index in [0.29, 0.717) is 12.0 Å². The maximum atomic E-state index is 6.13. The molecule has 1 fully saturated rings. The molecule has 2 heteroatoms. The second-order valence-corrected chi connectivity index (χ2v) is 5.57. The Morgan fingerprint density at radius 1 is 1.25 bits per heavy atom. The largest absolute Gasteiger partial charge is 0.351 e. The van der Waals surface area contributed by atoms with Crippen LogP contribution in [0.25, 0.3) is 10.9 Å². The van der Waals surface area contributed by atoms with Gasteiger partial charge in [-0.05, 0) is 28.5 Å². The van der Waals surface area contributed by atoms with Crippen LogP contribution in [0.3, 0.4) is 0 Å². The molecule has 1 aliphatic rings. The molecule has 1 aliphatic carbocycles. The smallest absolute Gasteiger partial charge is 0.0480 e. The average Bonchev–Trinajstić information content (AvgIpc) is 2.58. The Bertz CT molecular complexity index is 551. The first-order valence-corrected chi connectivity index (χ1v) is 5.82. The first kappa shape index (κ1) is 9.91. The molecule has 1 aromatic carbocycles. The number of rotatable bonds is 1. The van der Waals surface area contributed by atoms with Gasteiger partial charge in [-0.2, -0.15) is 0 Å². The van der Waals surface area contributed by atoms with E-state index in [1.165, 1.54) is 16.5 Å². The van der Waals surface area contributed by atoms with Gasteiger partial charge in [-0.3, -0.25) is 0 Å². The highest BCUT2D eigenvalue weighted by molar-refractivity contribution is 5.81. The summed E-state index contributed by atoms with van der Waals surface area (Å²) >= 11 is 0. The molecule has 1 aromatic heterocycles. The molecule has 16 heavy (non-hydrogen) atoms. The molecule has 3 rings (SSSR count). The van der Waals surface area contributed by atoms with Crippen molar-refractivity contribution in [2.24, 2.45) is 18.2 Å². The topological polar surface area (TPSA) is 30.9 Å². The zero-order valence-electron chi connectivity index (χ0n) is 10.1. The number of nitrogens with zero attached hydrogens (tertiary/aromatic N) is 1. The van der Waals surface area contributed by atoms with E-state index in [2.05, 4.69) is 55.9 Å². The molecule has 2 nitrogen and oxygen atoms in total. The number of aryl methyl sites for hydroxylation is 1. The molecule has 1 heterocycles. The average molecular weight is 214 g/mol. The predicted octanol–water partition coefficient (Wildman–Crippen LogP) is 2.63. The van der Waals surface area contributed by atoms with E-state index >= 15 is 0 Å². The summed E-state index contributed by atoms with van der Waals surface area (Å²) in [5.74, 6) is 0.520. The maximum absolute atomic E-state index is 6.13. The van der Waals surface area contributed by atoms with Gasteiger partial charge in [0.25, 0.3) is 0 Å². The van der Waals surface area contributed by atoms with Crippen molar-refractivity contribution >= 4 is 10.9 Å². The van der Waals surface area contributed by atoms with E-state index in [0.717, 1.165) is 0 Å². The van der Waals surface area contributed by atoms with Gasteiger partial charge in [0.15, 0.2) is 0 Å². The van der Waals surface area contributed by atoms with E-state index in [9.17, 15) is 0 Å². The van der Waals surface area contributed by atoms with E-state index < -0.39 is 0 Å². The van der Waals surface area contributed by atoms with Gasteiger partial charge >= 0.3 is 0 Å². The highest BCUT2D eigenvalue weighted by atomic mass is 14.9. The Kier molecular flexibility index (Phi) is 1.79. The summed E-state index contributed by atoms with van der Waals surface area (Å²) in [5.41, 5.74) is 9.07. The van der Waals surface area contributed by atoms with Gasteiger partial charge in [0, 0.05) is 30.7 Å². The SMILES string of the molecule is Cn1ccc2ccc([C@@H]3[C@@H](N)C3(C)C)cc21. The van der Waals surface area contributed by atoms with E-state index in [4.69, 9.17) is 5.73 Å². The van der Waals surface area contributed by atoms with Crippen molar-refractivity contribution in [3.63, 3.8) is 0 Å². The Morgan fingerprint density at radius 3 is 2.56 bits per heavy atom. The Hall–Kier alpha value is -1.28. The third-order valence-corrected chi connectivity index (χ3v) is 4.18. The van der Waals surface area contributed by atoms with Crippen LogP contribution in [0.2, 0.25) is 0 Å². The third-order valence-electron chi connectivity index (χ3n) is 4.18. The Balaban J connectivity index is 2.09. The summed E-state index contributed by atoms with van der Waals surface area (Å²) < 4.78 is 2.17. The minimum Gasteiger partial charge on any atom is -0.351 e. The van der Waals surface area contributed by atoms with Crippen molar-refractivity contribution in [2.45, 2.75) is 25.8 Å². The van der Waals surface area contributed by atoms with Gasteiger partial charge in [0.2, 0.25) is 0 Å². The molecular weight excluding hydrogens is 196 g/mol. The number of benzene rings is 1. The van der Waals surface area contributed by atoms with Crippen LogP contribution in [-0.4, -0.2) is 10.6 Å². The molecule has 0 amide bonds. The molecule has 84 valence electrons. The van der Waals surface area contributed by atoms with Crippen molar-refractivity contribution < 1.29 is 0 Å². The Labute approximate surface area is 96.1 Å². The fraction of sp³-hybridized carbons (Fsp3) is 0.429. The molecule has 0 spiro atoms. The van der Waals surface area contributed by atoms with Crippen LogP contribution in [-0.2, 0) is 7.05 Å². The number of nitrogens with two attached hydrogens (primary N) is 1. The number of fused-ring (bicyclic) bond motifs is 1. The maximum Gasteiger partial charge on any atom is 0.0480 e. The highest BCUT2D eigenvalue weighted by Crippen LogP contribution is 2.57. The summed E-state index contributed by atoms with van der Waals surface area (Å²) in [6.45, 7) is 4.50. The lowest BCUT2D eigenvalue weighted by atomic mass is 10.0. The molecule has 0 saturated heterocycles. The summed E-state index contributed by atoms with van der Waals surface area (Å²) in [6.07, 6.45) is 2.10. The van der Waals surface area contributed by atoms with E-state index in [1.807, 2.05) is 0 Å². The quantitative estimate of drug-likeness (QED) is 0.777. The summed E-state index contributed by atoms with van der Waals surface area (Å²) in [4.78, 5) is 0. The predicted molar refractivity (Wildman–Crippen MR) is 67.4 cm³/mol. The van der Waals surface area contributed by atoms with Crippen molar-refractivity contribution in [2.75, 3.05) is 0 Å². The first-order valence-electron chi connectivity index (χ1n) is 5.82. The first-order chi connectivity index (χ1) is 7.51. The number of hydrogen-bond donors (Lipinski definition) is 1.